The van der Waals surface area contributed by atoms with Crippen LogP contribution in [-0.4, -0.2) is 22.2 Å². The maximum absolute atomic E-state index is 14.3. The van der Waals surface area contributed by atoms with Crippen LogP contribution >= 0.6 is 0 Å². The molecule has 0 aliphatic rings. The average molecular weight is 422 g/mol. The summed E-state index contributed by atoms with van der Waals surface area (Å²) in [6, 6.07) is 15.3. The molecule has 4 rings (SSSR count). The number of carbonyl (C=O) groups is 1. The lowest BCUT2D eigenvalue weighted by Gasteiger charge is -2.16. The Hall–Kier alpha value is -4.07. The van der Waals surface area contributed by atoms with Gasteiger partial charge in [-0.25, -0.2) is 22.9 Å². The van der Waals surface area contributed by atoms with Crippen LogP contribution in [0.4, 0.5) is 8.78 Å². The fraction of sp³-hybridized carbons (Fsp3) is 0.0870. The molecule has 3 aromatic carbocycles. The molecule has 1 heterocycles. The van der Waals surface area contributed by atoms with Crippen molar-refractivity contribution < 1.29 is 18.3 Å². The third-order valence-corrected chi connectivity index (χ3v) is 4.94. The molecule has 0 bridgehead atoms. The van der Waals surface area contributed by atoms with Crippen LogP contribution < -0.4 is 11.2 Å². The monoisotopic (exact) mass is 422 g/mol. The number of fused-ring (bicyclic) bond motifs is 1. The summed E-state index contributed by atoms with van der Waals surface area (Å²) in [5.74, 6) is -2.07. The summed E-state index contributed by atoms with van der Waals surface area (Å²) in [5, 5.41) is 0.179. The number of rotatable bonds is 4. The SMILES string of the molecule is COC(=O)c1ccccc1-n1c(=O)c2ccccc2n(Cc2cc(F)ccc2F)c1=O. The lowest BCUT2D eigenvalue weighted by Crippen LogP contribution is -2.40. The number of aromatic nitrogens is 2. The number of hydrogen-bond acceptors (Lipinski definition) is 4. The summed E-state index contributed by atoms with van der Waals surface area (Å²) in [6.07, 6.45) is 0. The minimum absolute atomic E-state index is 0.0166. The van der Waals surface area contributed by atoms with Crippen LogP contribution in [0.3, 0.4) is 0 Å². The first-order valence-corrected chi connectivity index (χ1v) is 9.28. The molecule has 0 saturated carbocycles. The number of ether oxygens (including phenoxy) is 1. The quantitative estimate of drug-likeness (QED) is 0.474. The molecule has 4 aromatic rings. The van der Waals surface area contributed by atoms with Gasteiger partial charge in [0.25, 0.3) is 5.56 Å². The number of nitrogens with zero attached hydrogens (tertiary/aromatic N) is 2. The van der Waals surface area contributed by atoms with Gasteiger partial charge in [0.05, 0.1) is 35.8 Å². The van der Waals surface area contributed by atoms with Crippen LogP contribution in [-0.2, 0) is 11.3 Å². The number of carbonyl (C=O) groups excluding carboxylic acids is 1. The van der Waals surface area contributed by atoms with E-state index in [0.29, 0.717) is 0 Å². The molecule has 0 unspecified atom stereocenters. The van der Waals surface area contributed by atoms with Gasteiger partial charge in [0.1, 0.15) is 11.6 Å². The zero-order chi connectivity index (χ0) is 22.1. The Morgan fingerprint density at radius 1 is 0.968 bits per heavy atom. The van der Waals surface area contributed by atoms with Crippen molar-refractivity contribution >= 4 is 16.9 Å². The van der Waals surface area contributed by atoms with Crippen molar-refractivity contribution in [2.75, 3.05) is 7.11 Å². The molecule has 0 spiro atoms. The predicted molar refractivity (Wildman–Crippen MR) is 111 cm³/mol. The number of esters is 1. The highest BCUT2D eigenvalue weighted by molar-refractivity contribution is 5.93. The summed E-state index contributed by atoms with van der Waals surface area (Å²) in [5.41, 5.74) is -1.20. The second kappa shape index (κ2) is 7.98. The fourth-order valence-corrected chi connectivity index (χ4v) is 3.47. The van der Waals surface area contributed by atoms with Crippen LogP contribution in [0.5, 0.6) is 0 Å². The van der Waals surface area contributed by atoms with E-state index in [9.17, 15) is 23.2 Å². The van der Waals surface area contributed by atoms with Gasteiger partial charge in [-0.05, 0) is 42.5 Å². The first-order valence-electron chi connectivity index (χ1n) is 9.28. The van der Waals surface area contributed by atoms with E-state index in [0.717, 1.165) is 22.8 Å². The van der Waals surface area contributed by atoms with E-state index < -0.39 is 28.9 Å². The summed E-state index contributed by atoms with van der Waals surface area (Å²) < 4.78 is 34.8. The lowest BCUT2D eigenvalue weighted by atomic mass is 10.1. The van der Waals surface area contributed by atoms with E-state index in [-0.39, 0.29) is 34.3 Å². The summed E-state index contributed by atoms with van der Waals surface area (Å²) in [4.78, 5) is 38.8. The van der Waals surface area contributed by atoms with Gasteiger partial charge in [-0.15, -0.1) is 0 Å². The normalized spacial score (nSPS) is 10.9. The molecule has 8 heteroatoms. The zero-order valence-electron chi connectivity index (χ0n) is 16.3. The molecule has 0 N–H and O–H groups in total. The van der Waals surface area contributed by atoms with Gasteiger partial charge in [-0.3, -0.25) is 9.36 Å². The maximum Gasteiger partial charge on any atom is 0.339 e. The van der Waals surface area contributed by atoms with Crippen LogP contribution in [0.1, 0.15) is 15.9 Å². The average Bonchev–Trinajstić information content (AvgIpc) is 2.78. The lowest BCUT2D eigenvalue weighted by molar-refractivity contribution is 0.0600. The van der Waals surface area contributed by atoms with Gasteiger partial charge in [0.2, 0.25) is 0 Å². The Kier molecular flexibility index (Phi) is 5.21. The molecule has 0 aliphatic carbocycles. The third kappa shape index (κ3) is 3.52. The molecule has 0 aliphatic heterocycles. The topological polar surface area (TPSA) is 70.3 Å². The van der Waals surface area contributed by atoms with E-state index in [2.05, 4.69) is 0 Å². The summed E-state index contributed by atoms with van der Waals surface area (Å²) in [7, 11) is 1.19. The van der Waals surface area contributed by atoms with Crippen LogP contribution in [0.15, 0.2) is 76.3 Å². The van der Waals surface area contributed by atoms with Gasteiger partial charge in [-0.2, -0.15) is 0 Å². The highest BCUT2D eigenvalue weighted by Gasteiger charge is 2.20. The number of para-hydroxylation sites is 2. The second-order valence-electron chi connectivity index (χ2n) is 6.77. The molecule has 31 heavy (non-hydrogen) atoms. The van der Waals surface area contributed by atoms with Crippen LogP contribution in [0.2, 0.25) is 0 Å². The predicted octanol–water partition coefficient (Wildman–Crippen LogP) is 3.27. The summed E-state index contributed by atoms with van der Waals surface area (Å²) in [6.45, 7) is -0.316. The molecule has 0 saturated heterocycles. The van der Waals surface area contributed by atoms with Crippen LogP contribution in [0, 0.1) is 11.6 Å². The van der Waals surface area contributed by atoms with Crippen LogP contribution in [0.25, 0.3) is 16.6 Å². The molecule has 1 aromatic heterocycles. The Morgan fingerprint density at radius 2 is 1.68 bits per heavy atom. The largest absolute Gasteiger partial charge is 0.465 e. The van der Waals surface area contributed by atoms with Gasteiger partial charge in [0.15, 0.2) is 0 Å². The minimum atomic E-state index is -0.802. The fourth-order valence-electron chi connectivity index (χ4n) is 3.47. The molecule has 0 amide bonds. The molecule has 6 nitrogen and oxygen atoms in total. The summed E-state index contributed by atoms with van der Waals surface area (Å²) >= 11 is 0. The maximum atomic E-state index is 14.3. The first kappa shape index (κ1) is 20.2. The number of halogens is 2. The highest BCUT2D eigenvalue weighted by Crippen LogP contribution is 2.17. The Labute approximate surface area is 174 Å². The second-order valence-corrected chi connectivity index (χ2v) is 6.77. The Morgan fingerprint density at radius 3 is 2.45 bits per heavy atom. The number of hydrogen-bond donors (Lipinski definition) is 0. The molecular formula is C23H16F2N2O4. The van der Waals surface area contributed by atoms with Crippen molar-refractivity contribution in [1.29, 1.82) is 0 Å². The Balaban J connectivity index is 2.06. The molecule has 0 radical (unpaired) electrons. The number of benzene rings is 3. The van der Waals surface area contributed by atoms with Crippen molar-refractivity contribution in [3.05, 3.63) is 110 Å². The zero-order valence-corrected chi connectivity index (χ0v) is 16.3. The molecule has 156 valence electrons. The van der Waals surface area contributed by atoms with Gasteiger partial charge < -0.3 is 4.74 Å². The third-order valence-electron chi connectivity index (χ3n) is 4.94. The van der Waals surface area contributed by atoms with Gasteiger partial charge >= 0.3 is 11.7 Å². The van der Waals surface area contributed by atoms with E-state index >= 15 is 0 Å². The first-order chi connectivity index (χ1) is 14.9. The Bertz CT molecular complexity index is 1440. The van der Waals surface area contributed by atoms with Crippen molar-refractivity contribution in [3.63, 3.8) is 0 Å². The van der Waals surface area contributed by atoms with Crippen molar-refractivity contribution in [2.24, 2.45) is 0 Å². The smallest absolute Gasteiger partial charge is 0.339 e. The van der Waals surface area contributed by atoms with Gasteiger partial charge in [0, 0.05) is 5.56 Å². The van der Waals surface area contributed by atoms with Crippen molar-refractivity contribution in [3.8, 4) is 5.69 Å². The standard InChI is InChI=1S/C23H16F2N2O4/c1-31-22(29)17-7-3-5-9-20(17)27-21(28)16-6-2-4-8-19(16)26(23(27)30)13-14-12-15(24)10-11-18(14)25/h2-12H,13H2,1H3. The molecular weight excluding hydrogens is 406 g/mol. The van der Waals surface area contributed by atoms with E-state index in [1.165, 1.54) is 29.9 Å². The van der Waals surface area contributed by atoms with Gasteiger partial charge in [-0.1, -0.05) is 24.3 Å². The van der Waals surface area contributed by atoms with E-state index in [4.69, 9.17) is 4.74 Å². The molecule has 0 atom stereocenters. The number of methoxy groups -OCH3 is 1. The minimum Gasteiger partial charge on any atom is -0.465 e. The van der Waals surface area contributed by atoms with Crippen molar-refractivity contribution in [1.82, 2.24) is 9.13 Å². The van der Waals surface area contributed by atoms with E-state index in [1.54, 1.807) is 30.3 Å². The molecule has 0 fully saturated rings. The highest BCUT2D eigenvalue weighted by atomic mass is 19.1. The van der Waals surface area contributed by atoms with E-state index in [1.807, 2.05) is 0 Å². The van der Waals surface area contributed by atoms with Crippen molar-refractivity contribution in [2.45, 2.75) is 6.54 Å².